The van der Waals surface area contributed by atoms with Crippen molar-refractivity contribution in [1.29, 1.82) is 0 Å². The average Bonchev–Trinajstić information content (AvgIpc) is 2.88. The lowest BCUT2D eigenvalue weighted by Crippen LogP contribution is -2.22. The quantitative estimate of drug-likeness (QED) is 0.823. The first-order valence-electron chi connectivity index (χ1n) is 7.06. The van der Waals surface area contributed by atoms with Crippen LogP contribution in [0.4, 0.5) is 5.13 Å². The van der Waals surface area contributed by atoms with E-state index in [4.69, 9.17) is 5.73 Å². The zero-order chi connectivity index (χ0) is 14.4. The lowest BCUT2D eigenvalue weighted by molar-refractivity contribution is 0.641. The fourth-order valence-electron chi connectivity index (χ4n) is 2.03. The minimum atomic E-state index is 0.389. The maximum atomic E-state index is 5.61. The molecule has 1 heterocycles. The molecule has 1 aromatic heterocycles. The SMILES string of the molecule is CCC(CCN)Nc1nc(Cc2ccc(C)cc2)ns1. The van der Waals surface area contributed by atoms with Gasteiger partial charge in [0.05, 0.1) is 0 Å². The molecule has 4 nitrogen and oxygen atoms in total. The van der Waals surface area contributed by atoms with Crippen molar-refractivity contribution < 1.29 is 0 Å². The Kier molecular flexibility index (Phi) is 5.49. The van der Waals surface area contributed by atoms with Crippen LogP contribution in [0.1, 0.15) is 36.7 Å². The van der Waals surface area contributed by atoms with Gasteiger partial charge in [0.1, 0.15) is 5.82 Å². The van der Waals surface area contributed by atoms with E-state index in [1.165, 1.54) is 22.7 Å². The molecule has 2 aromatic rings. The van der Waals surface area contributed by atoms with Gasteiger partial charge in [0.2, 0.25) is 5.13 Å². The van der Waals surface area contributed by atoms with Gasteiger partial charge in [-0.3, -0.25) is 0 Å². The minimum Gasteiger partial charge on any atom is -0.358 e. The Balaban J connectivity index is 1.96. The molecule has 0 aliphatic rings. The van der Waals surface area contributed by atoms with Crippen LogP contribution >= 0.6 is 11.5 Å². The van der Waals surface area contributed by atoms with Crippen LogP contribution in [-0.4, -0.2) is 21.9 Å². The van der Waals surface area contributed by atoms with Crippen LogP contribution in [0.15, 0.2) is 24.3 Å². The number of nitrogens with two attached hydrogens (primary N) is 1. The predicted octanol–water partition coefficient (Wildman–Crippen LogP) is 2.98. The van der Waals surface area contributed by atoms with Gasteiger partial charge >= 0.3 is 0 Å². The average molecular weight is 290 g/mol. The molecule has 0 bridgehead atoms. The molecule has 0 amide bonds. The van der Waals surface area contributed by atoms with Crippen LogP contribution in [0, 0.1) is 6.92 Å². The van der Waals surface area contributed by atoms with Crippen LogP contribution < -0.4 is 11.1 Å². The van der Waals surface area contributed by atoms with Crippen LogP contribution in [0.25, 0.3) is 0 Å². The molecule has 1 atom stereocenters. The standard InChI is InChI=1S/C15H22N4S/c1-3-13(8-9-16)17-15-18-14(19-20-15)10-12-6-4-11(2)5-7-12/h4-7,13H,3,8-10,16H2,1-2H3,(H,17,18,19). The zero-order valence-electron chi connectivity index (χ0n) is 12.1. The second kappa shape index (κ2) is 7.36. The summed E-state index contributed by atoms with van der Waals surface area (Å²) in [4.78, 5) is 4.55. The molecule has 3 N–H and O–H groups in total. The number of nitrogens with one attached hydrogen (secondary N) is 1. The van der Waals surface area contributed by atoms with E-state index in [-0.39, 0.29) is 0 Å². The van der Waals surface area contributed by atoms with E-state index in [9.17, 15) is 0 Å². The van der Waals surface area contributed by atoms with Crippen LogP contribution in [0.3, 0.4) is 0 Å². The molecule has 0 spiro atoms. The highest BCUT2D eigenvalue weighted by Crippen LogP contribution is 2.17. The third-order valence-electron chi connectivity index (χ3n) is 3.29. The Morgan fingerprint density at radius 3 is 2.70 bits per heavy atom. The number of rotatable bonds is 7. The summed E-state index contributed by atoms with van der Waals surface area (Å²) in [6.45, 7) is 4.94. The number of hydrogen-bond donors (Lipinski definition) is 2. The van der Waals surface area contributed by atoms with Crippen molar-refractivity contribution in [3.05, 3.63) is 41.2 Å². The molecule has 1 aromatic carbocycles. The third-order valence-corrected chi connectivity index (χ3v) is 3.97. The second-order valence-electron chi connectivity index (χ2n) is 5.00. The normalized spacial score (nSPS) is 12.3. The number of aryl methyl sites for hydroxylation is 1. The summed E-state index contributed by atoms with van der Waals surface area (Å²) in [7, 11) is 0. The molecule has 0 radical (unpaired) electrons. The Morgan fingerprint density at radius 2 is 2.05 bits per heavy atom. The molecule has 0 saturated carbocycles. The number of aromatic nitrogens is 2. The van der Waals surface area contributed by atoms with E-state index in [1.54, 1.807) is 0 Å². The summed E-state index contributed by atoms with van der Waals surface area (Å²) in [5, 5.41) is 4.31. The highest BCUT2D eigenvalue weighted by molar-refractivity contribution is 7.09. The monoisotopic (exact) mass is 290 g/mol. The maximum absolute atomic E-state index is 5.61. The molecule has 20 heavy (non-hydrogen) atoms. The Bertz CT molecular complexity index is 521. The van der Waals surface area contributed by atoms with Gasteiger partial charge in [0.15, 0.2) is 0 Å². The lowest BCUT2D eigenvalue weighted by Gasteiger charge is -2.14. The van der Waals surface area contributed by atoms with Gasteiger partial charge in [-0.05, 0) is 31.9 Å². The smallest absolute Gasteiger partial charge is 0.202 e. The van der Waals surface area contributed by atoms with Crippen molar-refractivity contribution in [3.63, 3.8) is 0 Å². The van der Waals surface area contributed by atoms with Gasteiger partial charge in [-0.2, -0.15) is 4.37 Å². The van der Waals surface area contributed by atoms with Crippen molar-refractivity contribution in [3.8, 4) is 0 Å². The molecule has 1 unspecified atom stereocenters. The summed E-state index contributed by atoms with van der Waals surface area (Å²) in [6.07, 6.45) is 2.79. The molecule has 5 heteroatoms. The van der Waals surface area contributed by atoms with Crippen molar-refractivity contribution >= 4 is 16.7 Å². The Hall–Kier alpha value is -1.46. The van der Waals surface area contributed by atoms with E-state index in [0.29, 0.717) is 12.6 Å². The van der Waals surface area contributed by atoms with Gasteiger partial charge < -0.3 is 11.1 Å². The zero-order valence-corrected chi connectivity index (χ0v) is 12.9. The molecule has 0 saturated heterocycles. The van der Waals surface area contributed by atoms with E-state index in [0.717, 1.165) is 30.2 Å². The number of hydrogen-bond acceptors (Lipinski definition) is 5. The van der Waals surface area contributed by atoms with Gasteiger partial charge in [-0.15, -0.1) is 0 Å². The number of benzene rings is 1. The minimum absolute atomic E-state index is 0.389. The first-order chi connectivity index (χ1) is 9.71. The molecular weight excluding hydrogens is 268 g/mol. The van der Waals surface area contributed by atoms with Crippen LogP contribution in [0.2, 0.25) is 0 Å². The molecular formula is C15H22N4S. The number of nitrogens with zero attached hydrogens (tertiary/aromatic N) is 2. The predicted molar refractivity (Wildman–Crippen MR) is 85.3 cm³/mol. The molecule has 108 valence electrons. The van der Waals surface area contributed by atoms with E-state index < -0.39 is 0 Å². The fraction of sp³-hybridized carbons (Fsp3) is 0.467. The Morgan fingerprint density at radius 1 is 1.30 bits per heavy atom. The van der Waals surface area contributed by atoms with Crippen LogP contribution in [-0.2, 0) is 6.42 Å². The molecule has 0 aliphatic heterocycles. The van der Waals surface area contributed by atoms with Crippen molar-refractivity contribution in [2.45, 2.75) is 39.2 Å². The van der Waals surface area contributed by atoms with Gasteiger partial charge in [0, 0.05) is 24.0 Å². The van der Waals surface area contributed by atoms with E-state index >= 15 is 0 Å². The van der Waals surface area contributed by atoms with Crippen molar-refractivity contribution in [2.24, 2.45) is 5.73 Å². The summed E-state index contributed by atoms with van der Waals surface area (Å²) < 4.78 is 4.42. The lowest BCUT2D eigenvalue weighted by atomic mass is 10.1. The maximum Gasteiger partial charge on any atom is 0.202 e. The Labute approximate surface area is 124 Å². The molecule has 0 aliphatic carbocycles. The second-order valence-corrected chi connectivity index (χ2v) is 5.76. The highest BCUT2D eigenvalue weighted by Gasteiger charge is 2.09. The van der Waals surface area contributed by atoms with Gasteiger partial charge in [-0.25, -0.2) is 4.98 Å². The summed E-state index contributed by atoms with van der Waals surface area (Å²) in [5.41, 5.74) is 8.12. The van der Waals surface area contributed by atoms with Gasteiger partial charge in [-0.1, -0.05) is 36.8 Å². The van der Waals surface area contributed by atoms with Gasteiger partial charge in [0.25, 0.3) is 0 Å². The topological polar surface area (TPSA) is 63.8 Å². The first-order valence-corrected chi connectivity index (χ1v) is 7.83. The molecule has 0 fully saturated rings. The van der Waals surface area contributed by atoms with Crippen molar-refractivity contribution in [1.82, 2.24) is 9.36 Å². The third kappa shape index (κ3) is 4.28. The number of anilines is 1. The van der Waals surface area contributed by atoms with E-state index in [1.807, 2.05) is 0 Å². The fourth-order valence-corrected chi connectivity index (χ4v) is 2.69. The summed E-state index contributed by atoms with van der Waals surface area (Å²) in [6, 6.07) is 8.89. The largest absolute Gasteiger partial charge is 0.358 e. The van der Waals surface area contributed by atoms with Crippen molar-refractivity contribution in [2.75, 3.05) is 11.9 Å². The van der Waals surface area contributed by atoms with E-state index in [2.05, 4.69) is 52.8 Å². The van der Waals surface area contributed by atoms with Crippen LogP contribution in [0.5, 0.6) is 0 Å². The first kappa shape index (κ1) is 14.9. The molecule has 2 rings (SSSR count). The highest BCUT2D eigenvalue weighted by atomic mass is 32.1. The summed E-state index contributed by atoms with van der Waals surface area (Å²) >= 11 is 1.43. The summed E-state index contributed by atoms with van der Waals surface area (Å²) in [5.74, 6) is 0.879.